The van der Waals surface area contributed by atoms with Crippen LogP contribution in [0.5, 0.6) is 0 Å². The van der Waals surface area contributed by atoms with Crippen LogP contribution in [-0.4, -0.2) is 18.0 Å². The number of benzene rings is 7. The van der Waals surface area contributed by atoms with Crippen molar-refractivity contribution in [3.05, 3.63) is 164 Å². The van der Waals surface area contributed by atoms with Crippen molar-refractivity contribution in [1.29, 1.82) is 0 Å². The van der Waals surface area contributed by atoms with Gasteiger partial charge in [-0.05, 0) is 44.1 Å². The Labute approximate surface area is 263 Å². The van der Waals surface area contributed by atoms with Crippen molar-refractivity contribution in [2.45, 2.75) is 0 Å². The quantitative estimate of drug-likeness (QED) is 0.238. The maximum atomic E-state index is 2.61. The summed E-state index contributed by atoms with van der Waals surface area (Å²) >= 11 is 0. The zero-order valence-electron chi connectivity index (χ0n) is 24.7. The van der Waals surface area contributed by atoms with Crippen molar-refractivity contribution in [2.24, 2.45) is 0 Å². The average molecular weight is 567 g/mol. The second kappa shape index (κ2) is 9.48. The van der Waals surface area contributed by atoms with Gasteiger partial charge in [0.05, 0.1) is 0 Å². The maximum absolute atomic E-state index is 2.61. The third-order valence-electron chi connectivity index (χ3n) is 10.2. The summed E-state index contributed by atoms with van der Waals surface area (Å²) in [6, 6.07) is 60.8. The molecule has 0 saturated heterocycles. The van der Waals surface area contributed by atoms with Gasteiger partial charge in [0.15, 0.2) is 0 Å². The first kappa shape index (κ1) is 24.9. The van der Waals surface area contributed by atoms with Gasteiger partial charge < -0.3 is 4.57 Å². The summed E-state index contributed by atoms with van der Waals surface area (Å²) in [7, 11) is 0. The topological polar surface area (TPSA) is 4.93 Å². The summed E-state index contributed by atoms with van der Waals surface area (Å²) in [5, 5.41) is 2.67. The number of hydrogen-bond acceptors (Lipinski definition) is 0. The number of hydrogen-bond donors (Lipinski definition) is 0. The van der Waals surface area contributed by atoms with Gasteiger partial charge in [-0.25, -0.2) is 0 Å². The minimum Gasteiger partial charge on any atom is -0.311 e. The van der Waals surface area contributed by atoms with Crippen LogP contribution in [-0.2, 0) is 0 Å². The van der Waals surface area contributed by atoms with Gasteiger partial charge in [-0.3, -0.25) is 0 Å². The summed E-state index contributed by atoms with van der Waals surface area (Å²) < 4.78 is 2.61. The second-order valence-corrected chi connectivity index (χ2v) is 12.4. The van der Waals surface area contributed by atoms with Crippen molar-refractivity contribution in [3.63, 3.8) is 0 Å². The Balaban J connectivity index is 1.34. The monoisotopic (exact) mass is 567 g/mol. The molecule has 45 heavy (non-hydrogen) atoms. The zero-order valence-corrected chi connectivity index (χ0v) is 24.7. The lowest BCUT2D eigenvalue weighted by atomic mass is 9.31. The summed E-state index contributed by atoms with van der Waals surface area (Å²) in [5.74, 6) is 0. The molecule has 0 spiro atoms. The molecule has 1 nitrogen and oxygen atoms in total. The summed E-state index contributed by atoms with van der Waals surface area (Å²) in [6.45, 7) is 0.229. The molecule has 8 aromatic rings. The Morgan fingerprint density at radius 3 is 1.18 bits per heavy atom. The summed E-state index contributed by atoms with van der Waals surface area (Å²) in [5.41, 5.74) is 17.4. The van der Waals surface area contributed by atoms with Gasteiger partial charge in [-0.15, -0.1) is 0 Å². The predicted octanol–water partition coefficient (Wildman–Crippen LogP) is 5.78. The molecule has 3 heteroatoms. The van der Waals surface area contributed by atoms with Crippen molar-refractivity contribution < 1.29 is 0 Å². The molecule has 1 aromatic heterocycles. The lowest BCUT2D eigenvalue weighted by molar-refractivity contribution is 1.20. The maximum Gasteiger partial charge on any atom is 0.247 e. The van der Waals surface area contributed by atoms with Crippen LogP contribution >= 0.6 is 0 Å². The van der Waals surface area contributed by atoms with Crippen LogP contribution in [0.2, 0.25) is 0 Å². The van der Waals surface area contributed by atoms with E-state index in [1.807, 2.05) is 0 Å². The van der Waals surface area contributed by atoms with E-state index in [4.69, 9.17) is 0 Å². The predicted molar refractivity (Wildman–Crippen MR) is 194 cm³/mol. The fourth-order valence-electron chi connectivity index (χ4n) is 8.43. The van der Waals surface area contributed by atoms with Gasteiger partial charge in [-0.1, -0.05) is 175 Å². The molecule has 0 unspecified atom stereocenters. The van der Waals surface area contributed by atoms with E-state index < -0.39 is 0 Å². The van der Waals surface area contributed by atoms with Crippen molar-refractivity contribution in [2.75, 3.05) is 0 Å². The smallest absolute Gasteiger partial charge is 0.247 e. The molecule has 2 aliphatic heterocycles. The van der Waals surface area contributed by atoms with Crippen LogP contribution < -0.4 is 32.8 Å². The fraction of sp³-hybridized carbons (Fsp3) is 0. The van der Waals surface area contributed by atoms with E-state index in [1.165, 1.54) is 82.5 Å². The Morgan fingerprint density at radius 1 is 0.311 bits per heavy atom. The molecule has 206 valence electrons. The highest BCUT2D eigenvalue weighted by Gasteiger charge is 2.42. The Bertz CT molecular complexity index is 2280. The minimum absolute atomic E-state index is 0.114. The van der Waals surface area contributed by atoms with E-state index in [0.717, 1.165) is 0 Å². The lowest BCUT2D eigenvalue weighted by Gasteiger charge is -2.35. The SMILES string of the molecule is c1ccc(-c2ccccc2B2c3cccc4c3-n3c5c2cccc5c2cccc(c23)B4c2ccccc2-c2ccccc2)cc1. The van der Waals surface area contributed by atoms with Gasteiger partial charge in [0.2, 0.25) is 13.4 Å². The first-order chi connectivity index (χ1) is 22.4. The van der Waals surface area contributed by atoms with Crippen molar-refractivity contribution in [1.82, 2.24) is 4.57 Å². The van der Waals surface area contributed by atoms with E-state index in [1.54, 1.807) is 0 Å². The molecule has 3 heterocycles. The number of aromatic nitrogens is 1. The number of nitrogens with zero attached hydrogens (tertiary/aromatic N) is 1. The van der Waals surface area contributed by atoms with Gasteiger partial charge in [-0.2, -0.15) is 0 Å². The number of para-hydroxylation sites is 3. The molecule has 0 saturated carbocycles. The molecule has 0 amide bonds. The van der Waals surface area contributed by atoms with Gasteiger partial charge in [0.25, 0.3) is 0 Å². The second-order valence-electron chi connectivity index (χ2n) is 12.4. The van der Waals surface area contributed by atoms with Crippen LogP contribution in [0, 0.1) is 0 Å². The third-order valence-corrected chi connectivity index (χ3v) is 10.2. The van der Waals surface area contributed by atoms with Gasteiger partial charge in [0.1, 0.15) is 0 Å². The van der Waals surface area contributed by atoms with Crippen molar-refractivity contribution >= 4 is 68.0 Å². The molecular weight excluding hydrogens is 540 g/mol. The fourth-order valence-corrected chi connectivity index (χ4v) is 8.43. The highest BCUT2D eigenvalue weighted by molar-refractivity contribution is 7.02. The van der Waals surface area contributed by atoms with Crippen molar-refractivity contribution in [3.8, 4) is 27.9 Å². The molecular formula is C42H27B2N. The molecule has 7 aromatic carbocycles. The first-order valence-electron chi connectivity index (χ1n) is 15.9. The van der Waals surface area contributed by atoms with Crippen LogP contribution in [0.15, 0.2) is 164 Å². The summed E-state index contributed by atoms with van der Waals surface area (Å²) in [6.07, 6.45) is 0. The Kier molecular flexibility index (Phi) is 5.24. The normalized spacial score (nSPS) is 12.8. The first-order valence-corrected chi connectivity index (χ1v) is 15.9. The highest BCUT2D eigenvalue weighted by atomic mass is 15.0. The molecule has 0 N–H and O–H groups in total. The molecule has 2 aliphatic rings. The summed E-state index contributed by atoms with van der Waals surface area (Å²) in [4.78, 5) is 0. The van der Waals surface area contributed by atoms with Crippen LogP contribution in [0.1, 0.15) is 0 Å². The molecule has 0 radical (unpaired) electrons. The van der Waals surface area contributed by atoms with Gasteiger partial charge >= 0.3 is 0 Å². The minimum atomic E-state index is 0.114. The number of rotatable bonds is 4. The highest BCUT2D eigenvalue weighted by Crippen LogP contribution is 2.35. The van der Waals surface area contributed by atoms with Crippen LogP contribution in [0.4, 0.5) is 0 Å². The third kappa shape index (κ3) is 3.41. The van der Waals surface area contributed by atoms with Crippen LogP contribution in [0.3, 0.4) is 0 Å². The van der Waals surface area contributed by atoms with E-state index in [9.17, 15) is 0 Å². The number of fused-ring (bicyclic) bond motifs is 1. The van der Waals surface area contributed by atoms with E-state index in [0.29, 0.717) is 0 Å². The average Bonchev–Trinajstić information content (AvgIpc) is 3.46. The largest absolute Gasteiger partial charge is 0.311 e. The van der Waals surface area contributed by atoms with E-state index in [2.05, 4.69) is 168 Å². The standard InChI is InChI=1S/C42H27B2N/c1-3-14-28(15-4-1)30-18-7-9-22-34(30)43-36-24-11-20-32-33-21-12-25-37-41(33)45(40(32)36)42-38(43)26-13-27-39(42)44(37)35-23-10-8-19-31(35)29-16-5-2-6-17-29/h1-27H. The Hall–Kier alpha value is -5.53. The lowest BCUT2D eigenvalue weighted by Crippen LogP contribution is -2.63. The van der Waals surface area contributed by atoms with Crippen LogP contribution in [0.25, 0.3) is 49.7 Å². The molecule has 0 aliphatic carbocycles. The van der Waals surface area contributed by atoms with E-state index in [-0.39, 0.29) is 13.4 Å². The zero-order chi connectivity index (χ0) is 29.5. The van der Waals surface area contributed by atoms with Gasteiger partial charge in [0, 0.05) is 27.5 Å². The molecule has 0 bridgehead atoms. The molecule has 0 atom stereocenters. The molecule has 0 fully saturated rings. The Morgan fingerprint density at radius 2 is 0.689 bits per heavy atom. The molecule has 10 rings (SSSR count). The van der Waals surface area contributed by atoms with E-state index >= 15 is 0 Å².